The largest absolute Gasteiger partial charge is 0.300 e. The highest BCUT2D eigenvalue weighted by Crippen LogP contribution is 2.02. The number of carbonyl (C=O) groups is 1. The summed E-state index contributed by atoms with van der Waals surface area (Å²) in [5.41, 5.74) is 1.20. The second kappa shape index (κ2) is 27.6. The highest BCUT2D eigenvalue weighted by molar-refractivity contribution is 5.77. The van der Waals surface area contributed by atoms with Crippen molar-refractivity contribution in [3.8, 4) is 0 Å². The fourth-order valence-corrected chi connectivity index (χ4v) is 1.14. The van der Waals surface area contributed by atoms with Gasteiger partial charge in [-0.25, -0.2) is 9.97 Å². The third-order valence-electron chi connectivity index (χ3n) is 3.43. The second-order valence-corrected chi connectivity index (χ2v) is 5.16. The van der Waals surface area contributed by atoms with Crippen LogP contribution in [0, 0.1) is 12.8 Å². The molecule has 0 aliphatic heterocycles. The summed E-state index contributed by atoms with van der Waals surface area (Å²) in [6.45, 7) is 22.5. The van der Waals surface area contributed by atoms with Gasteiger partial charge in [-0.05, 0) is 24.8 Å². The molecular formula is C22H46N2O. The lowest BCUT2D eigenvalue weighted by Gasteiger charge is -1.98. The van der Waals surface area contributed by atoms with E-state index >= 15 is 0 Å². The van der Waals surface area contributed by atoms with Crippen LogP contribution in [0.5, 0.6) is 0 Å². The maximum atomic E-state index is 10.2. The maximum Gasteiger partial charge on any atom is 0.132 e. The molecule has 0 fully saturated rings. The van der Waals surface area contributed by atoms with Crippen LogP contribution >= 0.6 is 0 Å². The molecule has 1 aromatic rings. The van der Waals surface area contributed by atoms with E-state index in [1.807, 2.05) is 60.9 Å². The molecule has 0 N–H and O–H groups in total. The Balaban J connectivity index is -0.000000123. The quantitative estimate of drug-likeness (QED) is 0.560. The van der Waals surface area contributed by atoms with Gasteiger partial charge >= 0.3 is 0 Å². The van der Waals surface area contributed by atoms with Crippen LogP contribution in [0.3, 0.4) is 0 Å². The lowest BCUT2D eigenvalue weighted by atomic mass is 10.1. The summed E-state index contributed by atoms with van der Waals surface area (Å²) in [6, 6.07) is 0. The van der Waals surface area contributed by atoms with Crippen LogP contribution in [-0.4, -0.2) is 15.8 Å². The number of rotatable bonds is 5. The molecule has 1 aromatic heterocycles. The van der Waals surface area contributed by atoms with Gasteiger partial charge in [0.1, 0.15) is 11.6 Å². The first-order valence-electron chi connectivity index (χ1n) is 10.2. The summed E-state index contributed by atoms with van der Waals surface area (Å²) in [5, 5.41) is 0. The number of Topliss-reactive ketones (excluding diaryl/α,β-unsaturated/α-hetero) is 1. The lowest BCUT2D eigenvalue weighted by molar-refractivity contribution is -0.118. The van der Waals surface area contributed by atoms with Crippen molar-refractivity contribution in [3.05, 3.63) is 23.8 Å². The van der Waals surface area contributed by atoms with Crippen LogP contribution in [0.4, 0.5) is 0 Å². The van der Waals surface area contributed by atoms with Crippen LogP contribution in [0.1, 0.15) is 106 Å². The van der Waals surface area contributed by atoms with E-state index in [2.05, 4.69) is 37.7 Å². The van der Waals surface area contributed by atoms with Gasteiger partial charge in [0.25, 0.3) is 0 Å². The van der Waals surface area contributed by atoms with Gasteiger partial charge in [-0.15, -0.1) is 0 Å². The number of carbonyl (C=O) groups excluding carboxylic acids is 1. The Labute approximate surface area is 159 Å². The molecule has 0 aromatic carbocycles. The second-order valence-electron chi connectivity index (χ2n) is 5.16. The predicted octanol–water partition coefficient (Wildman–Crippen LogP) is 7.22. The summed E-state index contributed by atoms with van der Waals surface area (Å²) in [5.74, 6) is 2.12. The molecule has 0 aliphatic carbocycles. The Morgan fingerprint density at radius 3 is 1.40 bits per heavy atom. The minimum atomic E-state index is 0.343. The van der Waals surface area contributed by atoms with E-state index in [1.54, 1.807) is 0 Å². The van der Waals surface area contributed by atoms with Gasteiger partial charge in [-0.2, -0.15) is 0 Å². The zero-order valence-electron chi connectivity index (χ0n) is 19.1. The van der Waals surface area contributed by atoms with Gasteiger partial charge < -0.3 is 0 Å². The average molecular weight is 355 g/mol. The molecule has 25 heavy (non-hydrogen) atoms. The van der Waals surface area contributed by atoms with Gasteiger partial charge in [0.2, 0.25) is 0 Å². The van der Waals surface area contributed by atoms with Crippen molar-refractivity contribution in [3.63, 3.8) is 0 Å². The van der Waals surface area contributed by atoms with Gasteiger partial charge in [0.05, 0.1) is 0 Å². The SMILES string of the molecule is CC.CC.CCC(=O)CC.CCC(C)CC.CCc1cnc(C)nc1. The summed E-state index contributed by atoms with van der Waals surface area (Å²) in [4.78, 5) is 18.3. The Morgan fingerprint density at radius 1 is 0.880 bits per heavy atom. The molecule has 0 spiro atoms. The monoisotopic (exact) mass is 354 g/mol. The van der Waals surface area contributed by atoms with Gasteiger partial charge in [-0.3, -0.25) is 4.79 Å². The van der Waals surface area contributed by atoms with Crippen molar-refractivity contribution in [2.75, 3.05) is 0 Å². The minimum Gasteiger partial charge on any atom is -0.300 e. The van der Waals surface area contributed by atoms with E-state index in [0.29, 0.717) is 18.6 Å². The molecule has 0 radical (unpaired) electrons. The molecule has 0 bridgehead atoms. The van der Waals surface area contributed by atoms with E-state index in [9.17, 15) is 4.79 Å². The normalized spacial score (nSPS) is 8.32. The topological polar surface area (TPSA) is 42.9 Å². The highest BCUT2D eigenvalue weighted by Gasteiger charge is 1.89. The van der Waals surface area contributed by atoms with Crippen LogP contribution in [0.25, 0.3) is 0 Å². The van der Waals surface area contributed by atoms with Crippen molar-refractivity contribution in [2.45, 2.75) is 108 Å². The third-order valence-corrected chi connectivity index (χ3v) is 3.43. The smallest absolute Gasteiger partial charge is 0.132 e. The summed E-state index contributed by atoms with van der Waals surface area (Å²) in [7, 11) is 0. The van der Waals surface area contributed by atoms with Crippen molar-refractivity contribution >= 4 is 5.78 Å². The van der Waals surface area contributed by atoms with Crippen molar-refractivity contribution in [1.29, 1.82) is 0 Å². The molecule has 0 atom stereocenters. The molecule has 3 heteroatoms. The standard InChI is InChI=1S/C7H10N2.C6H14.C5H10O.2C2H6/c1-3-7-4-8-6(2)9-5-7;1-4-6(3)5-2;1-3-5(6)4-2;2*1-2/h4-5H,3H2,1-2H3;6H,4-5H2,1-3H3;3-4H2,1-2H3;2*1-2H3. The summed E-state index contributed by atoms with van der Waals surface area (Å²) < 4.78 is 0. The summed E-state index contributed by atoms with van der Waals surface area (Å²) >= 11 is 0. The summed E-state index contributed by atoms with van der Waals surface area (Å²) in [6.07, 6.45) is 8.78. The Hall–Kier alpha value is -1.25. The molecule has 0 amide bonds. The van der Waals surface area contributed by atoms with Crippen LogP contribution in [-0.2, 0) is 11.2 Å². The molecule has 0 saturated heterocycles. The third kappa shape index (κ3) is 27.9. The van der Waals surface area contributed by atoms with Gasteiger partial charge in [-0.1, -0.05) is 82.1 Å². The first kappa shape index (κ1) is 31.5. The van der Waals surface area contributed by atoms with Crippen LogP contribution in [0.15, 0.2) is 12.4 Å². The van der Waals surface area contributed by atoms with E-state index in [4.69, 9.17) is 0 Å². The van der Waals surface area contributed by atoms with E-state index in [-0.39, 0.29) is 0 Å². The molecule has 1 heterocycles. The van der Waals surface area contributed by atoms with Crippen molar-refractivity contribution in [1.82, 2.24) is 9.97 Å². The first-order valence-corrected chi connectivity index (χ1v) is 10.2. The van der Waals surface area contributed by atoms with Crippen molar-refractivity contribution in [2.24, 2.45) is 5.92 Å². The Kier molecular flexibility index (Phi) is 34.8. The number of hydrogen-bond donors (Lipinski definition) is 0. The van der Waals surface area contributed by atoms with Crippen molar-refractivity contribution < 1.29 is 4.79 Å². The molecule has 1 rings (SSSR count). The van der Waals surface area contributed by atoms with E-state index < -0.39 is 0 Å². The zero-order valence-corrected chi connectivity index (χ0v) is 19.1. The Bertz CT molecular complexity index is 338. The lowest BCUT2D eigenvalue weighted by Crippen LogP contribution is -1.88. The average Bonchev–Trinajstić information content (AvgIpc) is 2.71. The first-order chi connectivity index (χ1) is 11.9. The maximum absolute atomic E-state index is 10.2. The number of aryl methyl sites for hydroxylation is 2. The molecule has 150 valence electrons. The van der Waals surface area contributed by atoms with Crippen LogP contribution < -0.4 is 0 Å². The number of aromatic nitrogens is 2. The predicted molar refractivity (Wildman–Crippen MR) is 114 cm³/mol. The van der Waals surface area contributed by atoms with Gasteiger partial charge in [0, 0.05) is 25.2 Å². The van der Waals surface area contributed by atoms with E-state index in [1.165, 1.54) is 18.4 Å². The Morgan fingerprint density at radius 2 is 1.24 bits per heavy atom. The molecule has 0 unspecified atom stereocenters. The highest BCUT2D eigenvalue weighted by atomic mass is 16.1. The molecule has 3 nitrogen and oxygen atoms in total. The fraction of sp³-hybridized carbons (Fsp3) is 0.773. The van der Waals surface area contributed by atoms with E-state index in [0.717, 1.165) is 18.2 Å². The minimum absolute atomic E-state index is 0.343. The zero-order chi connectivity index (χ0) is 20.7. The molecule has 0 aliphatic rings. The fourth-order valence-electron chi connectivity index (χ4n) is 1.14. The number of nitrogens with zero attached hydrogens (tertiary/aromatic N) is 2. The van der Waals surface area contributed by atoms with Crippen LogP contribution in [0.2, 0.25) is 0 Å². The van der Waals surface area contributed by atoms with Gasteiger partial charge in [0.15, 0.2) is 0 Å². The molecular weight excluding hydrogens is 308 g/mol. The molecule has 0 saturated carbocycles. The number of ketones is 1. The number of hydrogen-bond acceptors (Lipinski definition) is 3.